The lowest BCUT2D eigenvalue weighted by atomic mass is 10.1. The number of ether oxygens (including phenoxy) is 2. The summed E-state index contributed by atoms with van der Waals surface area (Å²) in [6.45, 7) is 3.41. The highest BCUT2D eigenvalue weighted by Crippen LogP contribution is 2.23. The second kappa shape index (κ2) is 9.28. The molecule has 1 heterocycles. The van der Waals surface area contributed by atoms with Crippen molar-refractivity contribution in [3.63, 3.8) is 0 Å². The van der Waals surface area contributed by atoms with Crippen molar-refractivity contribution >= 4 is 15.9 Å². The fraction of sp³-hybridized carbons (Fsp3) is 0.381. The Bertz CT molecular complexity index is 969. The van der Waals surface area contributed by atoms with E-state index in [-0.39, 0.29) is 17.4 Å². The van der Waals surface area contributed by atoms with Gasteiger partial charge in [0.2, 0.25) is 10.0 Å². The van der Waals surface area contributed by atoms with Crippen molar-refractivity contribution in [2.75, 3.05) is 33.4 Å². The highest BCUT2D eigenvalue weighted by Gasteiger charge is 2.28. The molecule has 3 rings (SSSR count). The van der Waals surface area contributed by atoms with Gasteiger partial charge in [-0.3, -0.25) is 4.79 Å². The zero-order chi connectivity index (χ0) is 20.9. The molecule has 0 unspecified atom stereocenters. The number of sulfonamides is 1. The quantitative estimate of drug-likeness (QED) is 0.666. The van der Waals surface area contributed by atoms with E-state index in [0.29, 0.717) is 36.7 Å². The fourth-order valence-electron chi connectivity index (χ4n) is 3.20. The van der Waals surface area contributed by atoms with E-state index in [0.717, 1.165) is 18.4 Å². The van der Waals surface area contributed by atoms with Gasteiger partial charge in [-0.2, -0.15) is 4.31 Å². The zero-order valence-electron chi connectivity index (χ0n) is 16.7. The number of nitrogens with one attached hydrogen (secondary N) is 1. The lowest BCUT2D eigenvalue weighted by Crippen LogP contribution is -2.30. The number of nitrogens with zero attached hydrogens (tertiary/aromatic N) is 1. The third-order valence-electron chi connectivity index (χ3n) is 4.85. The Balaban J connectivity index is 1.61. The normalized spacial score (nSPS) is 14.6. The van der Waals surface area contributed by atoms with Crippen molar-refractivity contribution in [3.8, 4) is 11.5 Å². The van der Waals surface area contributed by atoms with Gasteiger partial charge in [-0.05, 0) is 49.6 Å². The molecule has 1 aliphatic heterocycles. The molecule has 0 radical (unpaired) electrons. The van der Waals surface area contributed by atoms with Crippen LogP contribution in [0.25, 0.3) is 0 Å². The van der Waals surface area contributed by atoms with Crippen molar-refractivity contribution < 1.29 is 22.7 Å². The molecule has 0 saturated carbocycles. The standard InChI is InChI=1S/C21H26N2O5S/c1-16-8-9-19(29(25,26)23-11-3-4-12-23)15-20(16)21(24)22-10-13-28-18-7-5-6-17(14-18)27-2/h5-9,14-15H,3-4,10-13H2,1-2H3,(H,22,24). The van der Waals surface area contributed by atoms with E-state index in [1.54, 1.807) is 38.3 Å². The molecule has 0 bridgehead atoms. The number of benzene rings is 2. The van der Waals surface area contributed by atoms with Gasteiger partial charge in [0.15, 0.2) is 0 Å². The number of carbonyl (C=O) groups excluding carboxylic acids is 1. The Kier molecular flexibility index (Phi) is 6.76. The van der Waals surface area contributed by atoms with Crippen molar-refractivity contribution in [1.82, 2.24) is 9.62 Å². The van der Waals surface area contributed by atoms with Gasteiger partial charge in [0, 0.05) is 24.7 Å². The molecule has 1 aliphatic rings. The van der Waals surface area contributed by atoms with Crippen molar-refractivity contribution in [2.45, 2.75) is 24.7 Å². The fourth-order valence-corrected chi connectivity index (χ4v) is 4.75. The van der Waals surface area contributed by atoms with E-state index in [1.807, 2.05) is 12.1 Å². The highest BCUT2D eigenvalue weighted by molar-refractivity contribution is 7.89. The van der Waals surface area contributed by atoms with Gasteiger partial charge >= 0.3 is 0 Å². The SMILES string of the molecule is COc1cccc(OCCNC(=O)c2cc(S(=O)(=O)N3CCCC3)ccc2C)c1. The molecule has 0 aliphatic carbocycles. The monoisotopic (exact) mass is 418 g/mol. The van der Waals surface area contributed by atoms with E-state index < -0.39 is 10.0 Å². The zero-order valence-corrected chi connectivity index (χ0v) is 17.5. The maximum absolute atomic E-state index is 12.8. The molecule has 1 amide bonds. The third kappa shape index (κ3) is 5.07. The maximum Gasteiger partial charge on any atom is 0.251 e. The van der Waals surface area contributed by atoms with Gasteiger partial charge in [-0.25, -0.2) is 8.42 Å². The van der Waals surface area contributed by atoms with E-state index in [2.05, 4.69) is 5.32 Å². The molecule has 8 heteroatoms. The van der Waals surface area contributed by atoms with Crippen LogP contribution in [0.5, 0.6) is 11.5 Å². The first kappa shape index (κ1) is 21.1. The molecule has 2 aromatic carbocycles. The Morgan fingerprint density at radius 3 is 2.55 bits per heavy atom. The molecule has 29 heavy (non-hydrogen) atoms. The molecule has 156 valence electrons. The first-order chi connectivity index (χ1) is 13.9. The van der Waals surface area contributed by atoms with Crippen LogP contribution in [0, 0.1) is 6.92 Å². The summed E-state index contributed by atoms with van der Waals surface area (Å²) in [6, 6.07) is 11.9. The lowest BCUT2D eigenvalue weighted by Gasteiger charge is -2.17. The van der Waals surface area contributed by atoms with E-state index in [4.69, 9.17) is 9.47 Å². The van der Waals surface area contributed by atoms with E-state index >= 15 is 0 Å². The molecule has 2 aromatic rings. The summed E-state index contributed by atoms with van der Waals surface area (Å²) in [5.41, 5.74) is 1.07. The Morgan fingerprint density at radius 2 is 1.83 bits per heavy atom. The average Bonchev–Trinajstić information content (AvgIpc) is 3.27. The summed E-state index contributed by atoms with van der Waals surface area (Å²) in [5.74, 6) is 1.02. The van der Waals surface area contributed by atoms with Crippen molar-refractivity contribution in [2.24, 2.45) is 0 Å². The topological polar surface area (TPSA) is 84.9 Å². The van der Waals surface area contributed by atoms with E-state index in [9.17, 15) is 13.2 Å². The third-order valence-corrected chi connectivity index (χ3v) is 6.75. The number of methoxy groups -OCH3 is 1. The highest BCUT2D eigenvalue weighted by atomic mass is 32.2. The van der Waals surface area contributed by atoms with Gasteiger partial charge in [-0.1, -0.05) is 12.1 Å². The summed E-state index contributed by atoms with van der Waals surface area (Å²) in [4.78, 5) is 12.7. The molecular weight excluding hydrogens is 392 g/mol. The molecule has 0 aromatic heterocycles. The van der Waals surface area contributed by atoms with Crippen molar-refractivity contribution in [1.29, 1.82) is 0 Å². The lowest BCUT2D eigenvalue weighted by molar-refractivity contribution is 0.0946. The number of hydrogen-bond acceptors (Lipinski definition) is 5. The summed E-state index contributed by atoms with van der Waals surface area (Å²) >= 11 is 0. The van der Waals surface area contributed by atoms with Crippen LogP contribution in [-0.4, -0.2) is 52.0 Å². The molecular formula is C21H26N2O5S. The number of rotatable bonds is 8. The van der Waals surface area contributed by atoms with E-state index in [1.165, 1.54) is 10.4 Å². The minimum absolute atomic E-state index is 0.155. The predicted octanol–water partition coefficient (Wildman–Crippen LogP) is 2.60. The van der Waals surface area contributed by atoms with Gasteiger partial charge in [-0.15, -0.1) is 0 Å². The number of hydrogen-bond donors (Lipinski definition) is 1. The largest absolute Gasteiger partial charge is 0.497 e. The smallest absolute Gasteiger partial charge is 0.251 e. The first-order valence-corrected chi connectivity index (χ1v) is 11.0. The van der Waals surface area contributed by atoms with Crippen LogP contribution in [0.1, 0.15) is 28.8 Å². The minimum Gasteiger partial charge on any atom is -0.497 e. The average molecular weight is 419 g/mol. The summed E-state index contributed by atoms with van der Waals surface area (Å²) in [6.07, 6.45) is 1.73. The van der Waals surface area contributed by atoms with Crippen LogP contribution in [0.3, 0.4) is 0 Å². The molecule has 0 spiro atoms. The predicted molar refractivity (Wildman–Crippen MR) is 110 cm³/mol. The second-order valence-corrected chi connectivity index (χ2v) is 8.81. The Hall–Kier alpha value is -2.58. The van der Waals surface area contributed by atoms with Crippen LogP contribution in [0.2, 0.25) is 0 Å². The Morgan fingerprint density at radius 1 is 1.10 bits per heavy atom. The van der Waals surface area contributed by atoms with Crippen molar-refractivity contribution in [3.05, 3.63) is 53.6 Å². The summed E-state index contributed by atoms with van der Waals surface area (Å²) < 4.78 is 37.7. The van der Waals surface area contributed by atoms with Gasteiger partial charge in [0.1, 0.15) is 18.1 Å². The molecule has 0 atom stereocenters. The maximum atomic E-state index is 12.8. The van der Waals surface area contributed by atoms with Crippen LogP contribution in [0.4, 0.5) is 0 Å². The number of aryl methyl sites for hydroxylation is 1. The van der Waals surface area contributed by atoms with Crippen LogP contribution >= 0.6 is 0 Å². The number of carbonyl (C=O) groups is 1. The first-order valence-electron chi connectivity index (χ1n) is 9.57. The number of amides is 1. The summed E-state index contributed by atoms with van der Waals surface area (Å²) in [7, 11) is -1.98. The van der Waals surface area contributed by atoms with Gasteiger partial charge in [0.05, 0.1) is 18.6 Å². The van der Waals surface area contributed by atoms with Crippen LogP contribution in [0.15, 0.2) is 47.4 Å². The molecule has 1 N–H and O–H groups in total. The van der Waals surface area contributed by atoms with Crippen LogP contribution in [-0.2, 0) is 10.0 Å². The molecule has 7 nitrogen and oxygen atoms in total. The minimum atomic E-state index is -3.56. The molecule has 1 saturated heterocycles. The summed E-state index contributed by atoms with van der Waals surface area (Å²) in [5, 5.41) is 2.78. The van der Waals surface area contributed by atoms with Crippen LogP contribution < -0.4 is 14.8 Å². The van der Waals surface area contributed by atoms with Gasteiger partial charge < -0.3 is 14.8 Å². The Labute approximate surface area is 171 Å². The van der Waals surface area contributed by atoms with Gasteiger partial charge in [0.25, 0.3) is 5.91 Å². The second-order valence-electron chi connectivity index (χ2n) is 6.87. The molecule has 1 fully saturated rings.